The highest BCUT2D eigenvalue weighted by molar-refractivity contribution is 7.92. The van der Waals surface area contributed by atoms with Gasteiger partial charge in [0.1, 0.15) is 11.9 Å². The Morgan fingerprint density at radius 3 is 2.27 bits per heavy atom. The normalized spacial score (nSPS) is 12.2. The molecule has 2 aromatic rings. The Labute approximate surface area is 195 Å². The quantitative estimate of drug-likeness (QED) is 0.538. The fraction of sp³-hybridized carbons (Fsp3) is 0.417. The number of benzene rings is 2. The van der Waals surface area contributed by atoms with Crippen LogP contribution in [0.25, 0.3) is 0 Å². The van der Waals surface area contributed by atoms with Gasteiger partial charge in [0, 0.05) is 26.6 Å². The molecule has 0 aliphatic carbocycles. The minimum Gasteiger partial charge on any atom is -0.357 e. The van der Waals surface area contributed by atoms with Gasteiger partial charge >= 0.3 is 0 Å². The predicted octanol–water partition coefficient (Wildman–Crippen LogP) is 3.23. The number of amides is 2. The third kappa shape index (κ3) is 7.28. The van der Waals surface area contributed by atoms with Gasteiger partial charge in [-0.05, 0) is 37.5 Å². The summed E-state index contributed by atoms with van der Waals surface area (Å²) in [6.07, 6.45) is 1.63. The number of rotatable bonds is 11. The maximum atomic E-state index is 14.2. The van der Waals surface area contributed by atoms with E-state index in [0.717, 1.165) is 21.7 Å². The first-order chi connectivity index (χ1) is 15.6. The number of aryl methyl sites for hydroxylation is 1. The molecule has 180 valence electrons. The average molecular weight is 478 g/mol. The summed E-state index contributed by atoms with van der Waals surface area (Å²) in [7, 11) is -2.22. The van der Waals surface area contributed by atoms with E-state index in [1.54, 1.807) is 6.07 Å². The Bertz CT molecular complexity index is 1060. The van der Waals surface area contributed by atoms with E-state index in [4.69, 9.17) is 0 Å². The minimum absolute atomic E-state index is 0.0137. The number of anilines is 1. The zero-order valence-electron chi connectivity index (χ0n) is 19.5. The predicted molar refractivity (Wildman–Crippen MR) is 128 cm³/mol. The molecule has 1 N–H and O–H groups in total. The van der Waals surface area contributed by atoms with Crippen LogP contribution in [-0.2, 0) is 26.2 Å². The average Bonchev–Trinajstić information content (AvgIpc) is 2.77. The molecule has 0 aliphatic rings. The molecule has 2 aromatic carbocycles. The number of sulfonamides is 1. The molecule has 0 radical (unpaired) electrons. The van der Waals surface area contributed by atoms with Crippen LogP contribution in [0.1, 0.15) is 37.3 Å². The lowest BCUT2D eigenvalue weighted by Crippen LogP contribution is -2.48. The smallest absolute Gasteiger partial charge is 0.242 e. The molecule has 7 nitrogen and oxygen atoms in total. The highest BCUT2D eigenvalue weighted by Crippen LogP contribution is 2.22. The van der Waals surface area contributed by atoms with E-state index in [0.29, 0.717) is 6.42 Å². The van der Waals surface area contributed by atoms with Crippen LogP contribution in [0, 0.1) is 12.7 Å². The van der Waals surface area contributed by atoms with E-state index in [1.165, 1.54) is 30.1 Å². The summed E-state index contributed by atoms with van der Waals surface area (Å²) in [5.74, 6) is -1.18. The molecule has 0 fully saturated rings. The van der Waals surface area contributed by atoms with Crippen LogP contribution < -0.4 is 9.62 Å². The second-order valence-corrected chi connectivity index (χ2v) is 9.84. The molecular weight excluding hydrogens is 445 g/mol. The number of nitrogens with zero attached hydrogens (tertiary/aromatic N) is 2. The number of hydrogen-bond donors (Lipinski definition) is 1. The molecule has 0 aliphatic heterocycles. The van der Waals surface area contributed by atoms with Gasteiger partial charge in [0.05, 0.1) is 11.9 Å². The van der Waals surface area contributed by atoms with E-state index >= 15 is 0 Å². The SMILES string of the molecule is CCC(C(=O)NC)N(Cc1ccc(C)cc1)C(=O)CCCN(c1ccccc1F)S(C)(=O)=O. The van der Waals surface area contributed by atoms with Crippen molar-refractivity contribution in [2.45, 2.75) is 45.7 Å². The summed E-state index contributed by atoms with van der Waals surface area (Å²) in [4.78, 5) is 27.1. The van der Waals surface area contributed by atoms with Gasteiger partial charge in [-0.1, -0.05) is 48.9 Å². The largest absolute Gasteiger partial charge is 0.357 e. The number of likely N-dealkylation sites (N-methyl/N-ethyl adjacent to an activating group) is 1. The molecule has 2 amide bonds. The van der Waals surface area contributed by atoms with Crippen LogP contribution in [0.3, 0.4) is 0 Å². The van der Waals surface area contributed by atoms with Crippen molar-refractivity contribution in [3.05, 3.63) is 65.5 Å². The van der Waals surface area contributed by atoms with E-state index in [2.05, 4.69) is 5.32 Å². The number of halogens is 1. The fourth-order valence-electron chi connectivity index (χ4n) is 3.61. The summed E-state index contributed by atoms with van der Waals surface area (Å²) in [6, 6.07) is 12.7. The van der Waals surface area contributed by atoms with Gasteiger partial charge in [-0.2, -0.15) is 0 Å². The standard InChI is InChI=1S/C24H32FN3O4S/c1-5-21(24(30)26-3)27(17-19-14-12-18(2)13-15-19)23(29)11-8-16-28(33(4,31)32)22-10-7-6-9-20(22)25/h6-7,9-10,12-15,21H,5,8,11,16-17H2,1-4H3,(H,26,30). The van der Waals surface area contributed by atoms with Gasteiger partial charge in [0.15, 0.2) is 0 Å². The van der Waals surface area contributed by atoms with Crippen molar-refractivity contribution in [1.82, 2.24) is 10.2 Å². The number of hydrogen-bond acceptors (Lipinski definition) is 4. The number of carbonyl (C=O) groups excluding carboxylic acids is 2. The highest BCUT2D eigenvalue weighted by atomic mass is 32.2. The van der Waals surface area contributed by atoms with E-state index in [-0.39, 0.29) is 43.4 Å². The Morgan fingerprint density at radius 2 is 1.73 bits per heavy atom. The lowest BCUT2D eigenvalue weighted by atomic mass is 10.1. The monoisotopic (exact) mass is 477 g/mol. The molecule has 0 aromatic heterocycles. The molecule has 0 saturated carbocycles. The van der Waals surface area contributed by atoms with Gasteiger partial charge < -0.3 is 10.2 Å². The molecule has 1 unspecified atom stereocenters. The second kappa shape index (κ2) is 11.8. The van der Waals surface area contributed by atoms with Crippen molar-refractivity contribution in [2.24, 2.45) is 0 Å². The molecule has 1 atom stereocenters. The first-order valence-corrected chi connectivity index (χ1v) is 12.7. The second-order valence-electron chi connectivity index (χ2n) is 7.94. The van der Waals surface area contributed by atoms with Crippen LogP contribution in [0.4, 0.5) is 10.1 Å². The Hall–Kier alpha value is -2.94. The van der Waals surface area contributed by atoms with Crippen LogP contribution in [0.5, 0.6) is 0 Å². The van der Waals surface area contributed by atoms with Gasteiger partial charge in [-0.15, -0.1) is 0 Å². The van der Waals surface area contributed by atoms with Crippen molar-refractivity contribution in [1.29, 1.82) is 0 Å². The zero-order chi connectivity index (χ0) is 24.6. The maximum Gasteiger partial charge on any atom is 0.242 e. The van der Waals surface area contributed by atoms with Gasteiger partial charge in [0.25, 0.3) is 0 Å². The maximum absolute atomic E-state index is 14.2. The molecule has 0 saturated heterocycles. The topological polar surface area (TPSA) is 86.8 Å². The molecule has 0 heterocycles. The summed E-state index contributed by atoms with van der Waals surface area (Å²) in [6.45, 7) is 4.00. The Balaban J connectivity index is 2.19. The first-order valence-electron chi connectivity index (χ1n) is 10.9. The number of carbonyl (C=O) groups is 2. The first kappa shape index (κ1) is 26.3. The molecule has 9 heteroatoms. The molecule has 33 heavy (non-hydrogen) atoms. The molecule has 0 spiro atoms. The van der Waals surface area contributed by atoms with Crippen molar-refractivity contribution in [2.75, 3.05) is 24.2 Å². The molecule has 2 rings (SSSR count). The van der Waals surface area contributed by atoms with Crippen molar-refractivity contribution in [3.63, 3.8) is 0 Å². The van der Waals surface area contributed by atoms with Crippen molar-refractivity contribution in [3.8, 4) is 0 Å². The third-order valence-corrected chi connectivity index (χ3v) is 6.56. The number of para-hydroxylation sites is 1. The summed E-state index contributed by atoms with van der Waals surface area (Å²) in [5, 5.41) is 2.61. The van der Waals surface area contributed by atoms with Crippen LogP contribution in [-0.4, -0.2) is 51.0 Å². The van der Waals surface area contributed by atoms with Gasteiger partial charge in [-0.3, -0.25) is 13.9 Å². The Morgan fingerprint density at radius 1 is 1.09 bits per heavy atom. The lowest BCUT2D eigenvalue weighted by molar-refractivity contribution is -0.141. The van der Waals surface area contributed by atoms with Gasteiger partial charge in [-0.25, -0.2) is 12.8 Å². The van der Waals surface area contributed by atoms with Crippen molar-refractivity contribution >= 4 is 27.5 Å². The lowest BCUT2D eigenvalue weighted by Gasteiger charge is -2.31. The van der Waals surface area contributed by atoms with E-state index < -0.39 is 21.9 Å². The van der Waals surface area contributed by atoms with Crippen LogP contribution in [0.2, 0.25) is 0 Å². The molecule has 0 bridgehead atoms. The van der Waals surface area contributed by atoms with Gasteiger partial charge in [0.2, 0.25) is 21.8 Å². The van der Waals surface area contributed by atoms with E-state index in [9.17, 15) is 22.4 Å². The fourth-order valence-corrected chi connectivity index (χ4v) is 4.58. The number of nitrogens with one attached hydrogen (secondary N) is 1. The summed E-state index contributed by atoms with van der Waals surface area (Å²) >= 11 is 0. The summed E-state index contributed by atoms with van der Waals surface area (Å²) < 4.78 is 39.7. The van der Waals surface area contributed by atoms with Crippen LogP contribution >= 0.6 is 0 Å². The zero-order valence-corrected chi connectivity index (χ0v) is 20.4. The van der Waals surface area contributed by atoms with Crippen molar-refractivity contribution < 1.29 is 22.4 Å². The molecular formula is C24H32FN3O4S. The highest BCUT2D eigenvalue weighted by Gasteiger charge is 2.28. The summed E-state index contributed by atoms with van der Waals surface area (Å²) in [5.41, 5.74) is 1.92. The Kier molecular flexibility index (Phi) is 9.40. The van der Waals surface area contributed by atoms with Crippen LogP contribution in [0.15, 0.2) is 48.5 Å². The third-order valence-electron chi connectivity index (χ3n) is 5.38. The minimum atomic E-state index is -3.75. The van der Waals surface area contributed by atoms with E-state index in [1.807, 2.05) is 38.1 Å².